The first kappa shape index (κ1) is 20.2. The molecule has 1 fully saturated rings. The van der Waals surface area contributed by atoms with Crippen LogP contribution >= 0.6 is 0 Å². The number of fused-ring (bicyclic) bond motifs is 1. The van der Waals surface area contributed by atoms with Crippen LogP contribution in [-0.4, -0.2) is 34.7 Å². The second-order valence-electron chi connectivity index (χ2n) is 7.09. The van der Waals surface area contributed by atoms with Gasteiger partial charge in [0.05, 0.1) is 11.5 Å². The lowest BCUT2D eigenvalue weighted by Crippen LogP contribution is -2.27. The number of aryl methyl sites for hydroxylation is 1. The minimum absolute atomic E-state index is 0.112. The lowest BCUT2D eigenvalue weighted by atomic mass is 10.1. The van der Waals surface area contributed by atoms with E-state index in [-0.39, 0.29) is 18.3 Å². The molecule has 0 bridgehead atoms. The molecule has 29 heavy (non-hydrogen) atoms. The molecule has 0 amide bonds. The van der Waals surface area contributed by atoms with E-state index in [0.717, 1.165) is 30.4 Å². The maximum atomic E-state index is 12.6. The van der Waals surface area contributed by atoms with Gasteiger partial charge in [-0.3, -0.25) is 4.18 Å². The largest absolute Gasteiger partial charge is 0.454 e. The normalized spacial score (nSPS) is 19.8. The van der Waals surface area contributed by atoms with Gasteiger partial charge in [-0.2, -0.15) is 8.42 Å². The number of rotatable bonds is 7. The third-order valence-electron chi connectivity index (χ3n) is 4.91. The summed E-state index contributed by atoms with van der Waals surface area (Å²) in [5.74, 6) is 1.25. The van der Waals surface area contributed by atoms with Gasteiger partial charge < -0.3 is 18.9 Å². The molecule has 2 heterocycles. The van der Waals surface area contributed by atoms with Crippen molar-refractivity contribution in [3.8, 4) is 11.5 Å². The molecule has 2 aromatic rings. The van der Waals surface area contributed by atoms with Gasteiger partial charge in [0.1, 0.15) is 6.10 Å². The molecule has 0 spiro atoms. The highest BCUT2D eigenvalue weighted by atomic mass is 32.2. The molecule has 7 nitrogen and oxygen atoms in total. The summed E-state index contributed by atoms with van der Waals surface area (Å²) in [4.78, 5) is 0.112. The van der Waals surface area contributed by atoms with Crippen molar-refractivity contribution in [3.63, 3.8) is 0 Å². The molecule has 0 aliphatic carbocycles. The summed E-state index contributed by atoms with van der Waals surface area (Å²) < 4.78 is 53.1. The maximum Gasteiger partial charge on any atom is 0.297 e. The highest BCUT2D eigenvalue weighted by Gasteiger charge is 2.26. The molecule has 2 unspecified atom stereocenters. The van der Waals surface area contributed by atoms with Crippen molar-refractivity contribution >= 4 is 10.1 Å². The van der Waals surface area contributed by atoms with Crippen molar-refractivity contribution in [1.82, 2.24) is 0 Å². The van der Waals surface area contributed by atoms with Gasteiger partial charge in [-0.1, -0.05) is 23.8 Å². The summed E-state index contributed by atoms with van der Waals surface area (Å²) >= 11 is 0. The molecule has 2 aliphatic rings. The van der Waals surface area contributed by atoms with Crippen molar-refractivity contribution in [3.05, 3.63) is 53.6 Å². The van der Waals surface area contributed by atoms with Crippen LogP contribution in [0.25, 0.3) is 0 Å². The summed E-state index contributed by atoms with van der Waals surface area (Å²) in [6.45, 7) is 2.51. The fourth-order valence-electron chi connectivity index (χ4n) is 3.25. The second kappa shape index (κ2) is 8.71. The average Bonchev–Trinajstić information content (AvgIpc) is 3.20. The lowest BCUT2D eigenvalue weighted by molar-refractivity contribution is -0.195. The van der Waals surface area contributed by atoms with Gasteiger partial charge in [-0.15, -0.1) is 0 Å². The van der Waals surface area contributed by atoms with Crippen molar-refractivity contribution in [2.45, 2.75) is 43.5 Å². The zero-order chi connectivity index (χ0) is 20.3. The molecule has 1 saturated heterocycles. The highest BCUT2D eigenvalue weighted by Crippen LogP contribution is 2.36. The molecular weight excluding hydrogens is 396 g/mol. The molecule has 0 radical (unpaired) electrons. The topological polar surface area (TPSA) is 80.3 Å². The minimum atomic E-state index is -3.91. The summed E-state index contributed by atoms with van der Waals surface area (Å²) in [6, 6.07) is 11.9. The quantitative estimate of drug-likeness (QED) is 0.632. The molecule has 2 aromatic carbocycles. The SMILES string of the molecule is Cc1ccc(S(=O)(=O)OCC(OC2CCCCO2)c2ccc3c(c2)OCO3)cc1. The van der Waals surface area contributed by atoms with E-state index in [1.807, 2.05) is 13.0 Å². The zero-order valence-electron chi connectivity index (χ0n) is 16.2. The van der Waals surface area contributed by atoms with E-state index in [2.05, 4.69) is 0 Å². The standard InChI is InChI=1S/C21H24O7S/c1-15-5-8-17(9-6-15)29(22,23)27-13-20(28-21-4-2-3-11-24-21)16-7-10-18-19(12-16)26-14-25-18/h5-10,12,20-21H,2-4,11,13-14H2,1H3. The number of ether oxygens (including phenoxy) is 4. The smallest absolute Gasteiger partial charge is 0.297 e. The van der Waals surface area contributed by atoms with Crippen molar-refractivity contribution in [2.24, 2.45) is 0 Å². The number of benzene rings is 2. The fourth-order valence-corrected chi connectivity index (χ4v) is 4.16. The molecule has 0 N–H and O–H groups in total. The molecular formula is C21H24O7S. The van der Waals surface area contributed by atoms with E-state index >= 15 is 0 Å². The first-order chi connectivity index (χ1) is 14.0. The Morgan fingerprint density at radius 1 is 1.07 bits per heavy atom. The van der Waals surface area contributed by atoms with Crippen LogP contribution in [0, 0.1) is 6.92 Å². The number of hydrogen-bond acceptors (Lipinski definition) is 7. The monoisotopic (exact) mass is 420 g/mol. The lowest BCUT2D eigenvalue weighted by Gasteiger charge is -2.28. The Kier molecular flexibility index (Phi) is 6.05. The second-order valence-corrected chi connectivity index (χ2v) is 8.70. The zero-order valence-corrected chi connectivity index (χ0v) is 17.0. The molecule has 0 aromatic heterocycles. The Labute approximate surface area is 170 Å². The van der Waals surface area contributed by atoms with E-state index in [9.17, 15) is 8.42 Å². The highest BCUT2D eigenvalue weighted by molar-refractivity contribution is 7.86. The van der Waals surface area contributed by atoms with Gasteiger partial charge in [0.2, 0.25) is 6.79 Å². The molecule has 2 atom stereocenters. The predicted molar refractivity (Wildman–Crippen MR) is 104 cm³/mol. The fraction of sp³-hybridized carbons (Fsp3) is 0.429. The van der Waals surface area contributed by atoms with E-state index < -0.39 is 22.5 Å². The van der Waals surface area contributed by atoms with Crippen LogP contribution in [0.1, 0.15) is 36.5 Å². The van der Waals surface area contributed by atoms with Crippen molar-refractivity contribution in [1.29, 1.82) is 0 Å². The molecule has 156 valence electrons. The first-order valence-electron chi connectivity index (χ1n) is 9.64. The average molecular weight is 420 g/mol. The number of hydrogen-bond donors (Lipinski definition) is 0. The van der Waals surface area contributed by atoms with Gasteiger partial charge in [0.25, 0.3) is 10.1 Å². The summed E-state index contributed by atoms with van der Waals surface area (Å²) in [6.07, 6.45) is 1.72. The molecule has 8 heteroatoms. The van der Waals surface area contributed by atoms with Crippen LogP contribution in [0.15, 0.2) is 47.4 Å². The Balaban J connectivity index is 1.52. The van der Waals surface area contributed by atoms with Gasteiger partial charge in [-0.25, -0.2) is 0 Å². The summed E-state index contributed by atoms with van der Waals surface area (Å²) in [7, 11) is -3.91. The van der Waals surface area contributed by atoms with Crippen LogP contribution < -0.4 is 9.47 Å². The van der Waals surface area contributed by atoms with Crippen LogP contribution in [-0.2, 0) is 23.8 Å². The Morgan fingerprint density at radius 3 is 2.62 bits per heavy atom. The Bertz CT molecular complexity index is 934. The van der Waals surface area contributed by atoms with E-state index in [1.54, 1.807) is 24.3 Å². The first-order valence-corrected chi connectivity index (χ1v) is 11.0. The minimum Gasteiger partial charge on any atom is -0.454 e. The van der Waals surface area contributed by atoms with Gasteiger partial charge in [-0.05, 0) is 56.0 Å². The van der Waals surface area contributed by atoms with Crippen molar-refractivity contribution < 1.29 is 31.5 Å². The van der Waals surface area contributed by atoms with E-state index in [0.29, 0.717) is 18.1 Å². The molecule has 0 saturated carbocycles. The van der Waals surface area contributed by atoms with E-state index in [1.165, 1.54) is 12.1 Å². The molecule has 4 rings (SSSR count). The summed E-state index contributed by atoms with van der Waals surface area (Å²) in [5, 5.41) is 0. The van der Waals surface area contributed by atoms with Crippen LogP contribution in [0.5, 0.6) is 11.5 Å². The van der Waals surface area contributed by atoms with Crippen LogP contribution in [0.3, 0.4) is 0 Å². The Morgan fingerprint density at radius 2 is 1.86 bits per heavy atom. The Hall–Kier alpha value is -2.13. The van der Waals surface area contributed by atoms with Crippen LogP contribution in [0.2, 0.25) is 0 Å². The van der Waals surface area contributed by atoms with Crippen molar-refractivity contribution in [2.75, 3.05) is 20.0 Å². The van der Waals surface area contributed by atoms with Gasteiger partial charge in [0.15, 0.2) is 17.8 Å². The van der Waals surface area contributed by atoms with Gasteiger partial charge in [0, 0.05) is 6.61 Å². The summed E-state index contributed by atoms with van der Waals surface area (Å²) in [5.41, 5.74) is 1.71. The predicted octanol–water partition coefficient (Wildman–Crippen LogP) is 3.71. The molecule has 2 aliphatic heterocycles. The third kappa shape index (κ3) is 4.90. The van der Waals surface area contributed by atoms with E-state index in [4.69, 9.17) is 23.1 Å². The van der Waals surface area contributed by atoms with Gasteiger partial charge >= 0.3 is 0 Å². The van der Waals surface area contributed by atoms with Crippen LogP contribution in [0.4, 0.5) is 0 Å². The maximum absolute atomic E-state index is 12.6. The third-order valence-corrected chi connectivity index (χ3v) is 6.20.